The van der Waals surface area contributed by atoms with Crippen LogP contribution < -0.4 is 5.32 Å². The number of pyridine rings is 1. The van der Waals surface area contributed by atoms with E-state index >= 15 is 0 Å². The monoisotopic (exact) mass is 296 g/mol. The third kappa shape index (κ3) is 4.87. The number of nitrogens with zero attached hydrogens (tertiary/aromatic N) is 3. The Labute approximate surface area is 121 Å². The van der Waals surface area contributed by atoms with Gasteiger partial charge in [-0.1, -0.05) is 6.07 Å². The van der Waals surface area contributed by atoms with Crippen LogP contribution in [0, 0.1) is 6.92 Å². The van der Waals surface area contributed by atoms with Crippen LogP contribution >= 0.6 is 23.3 Å². The van der Waals surface area contributed by atoms with Crippen molar-refractivity contribution in [2.24, 2.45) is 0 Å². The first-order valence-electron chi connectivity index (χ1n) is 5.90. The van der Waals surface area contributed by atoms with Gasteiger partial charge in [-0.15, -0.1) is 0 Å². The molecule has 0 radical (unpaired) electrons. The lowest BCUT2D eigenvalue weighted by Crippen LogP contribution is -2.18. The van der Waals surface area contributed by atoms with Crippen LogP contribution in [0.4, 0.5) is 0 Å². The number of rotatable bonds is 7. The van der Waals surface area contributed by atoms with Crippen molar-refractivity contribution in [1.29, 1.82) is 0 Å². The fourth-order valence-corrected chi connectivity index (χ4v) is 2.93. The summed E-state index contributed by atoms with van der Waals surface area (Å²) in [6, 6.07) is 4.08. The third-order valence-corrected chi connectivity index (χ3v) is 4.10. The van der Waals surface area contributed by atoms with Crippen LogP contribution in [0.15, 0.2) is 27.7 Å². The molecule has 2 rings (SSSR count). The lowest BCUT2D eigenvalue weighted by molar-refractivity contribution is 0.199. The summed E-state index contributed by atoms with van der Waals surface area (Å²) in [7, 11) is 1.70. The Morgan fingerprint density at radius 2 is 2.32 bits per heavy atom. The highest BCUT2D eigenvalue weighted by Crippen LogP contribution is 2.27. The lowest BCUT2D eigenvalue weighted by Gasteiger charge is -2.04. The lowest BCUT2D eigenvalue weighted by atomic mass is 10.3. The molecule has 0 saturated carbocycles. The van der Waals surface area contributed by atoms with Crippen molar-refractivity contribution in [3.05, 3.63) is 29.7 Å². The SMILES string of the molecule is COCCNCc1ccc(Sc2nc(C)ns2)nc1. The molecule has 5 nitrogen and oxygen atoms in total. The third-order valence-electron chi connectivity index (χ3n) is 2.31. The van der Waals surface area contributed by atoms with Gasteiger partial charge in [-0.2, -0.15) is 4.37 Å². The summed E-state index contributed by atoms with van der Waals surface area (Å²) in [6.45, 7) is 4.26. The molecule has 0 aliphatic carbocycles. The normalized spacial score (nSPS) is 10.8. The number of aryl methyl sites for hydroxylation is 1. The van der Waals surface area contributed by atoms with E-state index in [0.717, 1.165) is 40.4 Å². The number of ether oxygens (including phenoxy) is 1. The van der Waals surface area contributed by atoms with E-state index in [2.05, 4.69) is 25.7 Å². The molecule has 1 N–H and O–H groups in total. The second-order valence-corrected chi connectivity index (χ2v) is 5.90. The molecular formula is C12H16N4OS2. The predicted octanol–water partition coefficient (Wildman–Crippen LogP) is 2.13. The van der Waals surface area contributed by atoms with E-state index in [1.54, 1.807) is 18.9 Å². The molecule has 2 aromatic heterocycles. The van der Waals surface area contributed by atoms with Crippen LogP contribution in [0.1, 0.15) is 11.4 Å². The average Bonchev–Trinajstić information content (AvgIpc) is 2.82. The molecule has 0 fully saturated rings. The molecule has 102 valence electrons. The van der Waals surface area contributed by atoms with Crippen LogP contribution in [0.2, 0.25) is 0 Å². The number of hydrogen-bond acceptors (Lipinski definition) is 7. The first kappa shape index (κ1) is 14.4. The van der Waals surface area contributed by atoms with Crippen LogP contribution in [-0.2, 0) is 11.3 Å². The van der Waals surface area contributed by atoms with E-state index in [1.807, 2.05) is 19.2 Å². The summed E-state index contributed by atoms with van der Waals surface area (Å²) >= 11 is 2.95. The first-order chi connectivity index (χ1) is 9.28. The molecule has 0 amide bonds. The van der Waals surface area contributed by atoms with Gasteiger partial charge in [0.15, 0.2) is 4.34 Å². The number of hydrogen-bond donors (Lipinski definition) is 1. The van der Waals surface area contributed by atoms with E-state index in [-0.39, 0.29) is 0 Å². The maximum absolute atomic E-state index is 4.97. The Morgan fingerprint density at radius 1 is 1.42 bits per heavy atom. The smallest absolute Gasteiger partial charge is 0.176 e. The van der Waals surface area contributed by atoms with Crippen LogP contribution in [0.25, 0.3) is 0 Å². The van der Waals surface area contributed by atoms with Crippen molar-refractivity contribution in [2.75, 3.05) is 20.3 Å². The number of nitrogens with one attached hydrogen (secondary N) is 1. The minimum atomic E-state index is 0.720. The highest BCUT2D eigenvalue weighted by atomic mass is 32.2. The minimum absolute atomic E-state index is 0.720. The predicted molar refractivity (Wildman–Crippen MR) is 76.6 cm³/mol. The Kier molecular flexibility index (Phi) is 5.71. The Hall–Kier alpha value is -1.02. The molecule has 0 bridgehead atoms. The quantitative estimate of drug-likeness (QED) is 0.790. The van der Waals surface area contributed by atoms with E-state index in [9.17, 15) is 0 Å². The van der Waals surface area contributed by atoms with Gasteiger partial charge in [-0.3, -0.25) is 0 Å². The fourth-order valence-electron chi connectivity index (χ4n) is 1.39. The summed E-state index contributed by atoms with van der Waals surface area (Å²) in [4.78, 5) is 8.72. The summed E-state index contributed by atoms with van der Waals surface area (Å²) < 4.78 is 10.0. The number of aromatic nitrogens is 3. The van der Waals surface area contributed by atoms with Gasteiger partial charge in [-0.05, 0) is 41.8 Å². The molecule has 0 spiro atoms. The van der Waals surface area contributed by atoms with Gasteiger partial charge in [0, 0.05) is 26.4 Å². The molecule has 7 heteroatoms. The summed E-state index contributed by atoms with van der Waals surface area (Å²) in [5.41, 5.74) is 1.16. The number of methoxy groups -OCH3 is 1. The zero-order chi connectivity index (χ0) is 13.5. The van der Waals surface area contributed by atoms with Crippen LogP contribution in [0.5, 0.6) is 0 Å². The summed E-state index contributed by atoms with van der Waals surface area (Å²) in [6.07, 6.45) is 1.88. The molecule has 2 aromatic rings. The highest BCUT2D eigenvalue weighted by Gasteiger charge is 2.04. The Morgan fingerprint density at radius 3 is 2.95 bits per heavy atom. The molecule has 0 aromatic carbocycles. The van der Waals surface area contributed by atoms with Gasteiger partial charge >= 0.3 is 0 Å². The van der Waals surface area contributed by atoms with Gasteiger partial charge in [0.05, 0.1) is 6.61 Å². The van der Waals surface area contributed by atoms with E-state index < -0.39 is 0 Å². The molecule has 0 unspecified atom stereocenters. The van der Waals surface area contributed by atoms with Gasteiger partial charge < -0.3 is 10.1 Å². The second kappa shape index (κ2) is 7.54. The Bertz CT molecular complexity index is 501. The summed E-state index contributed by atoms with van der Waals surface area (Å²) in [5.74, 6) is 0.812. The Balaban J connectivity index is 1.84. The van der Waals surface area contributed by atoms with E-state index in [0.29, 0.717) is 0 Å². The zero-order valence-corrected chi connectivity index (χ0v) is 12.6. The van der Waals surface area contributed by atoms with Gasteiger partial charge in [0.2, 0.25) is 0 Å². The van der Waals surface area contributed by atoms with Crippen molar-refractivity contribution < 1.29 is 4.74 Å². The fraction of sp³-hybridized carbons (Fsp3) is 0.417. The van der Waals surface area contributed by atoms with Crippen molar-refractivity contribution in [1.82, 2.24) is 19.7 Å². The average molecular weight is 296 g/mol. The zero-order valence-electron chi connectivity index (χ0n) is 10.9. The van der Waals surface area contributed by atoms with Gasteiger partial charge in [0.1, 0.15) is 10.9 Å². The summed E-state index contributed by atoms with van der Waals surface area (Å²) in [5, 5.41) is 4.22. The molecule has 0 aliphatic heterocycles. The van der Waals surface area contributed by atoms with Crippen molar-refractivity contribution >= 4 is 23.3 Å². The minimum Gasteiger partial charge on any atom is -0.383 e. The standard InChI is InChI=1S/C12H16N4OS2/c1-9-15-12(19-16-9)18-11-4-3-10(8-14-11)7-13-5-6-17-2/h3-4,8,13H,5-7H2,1-2H3. The van der Waals surface area contributed by atoms with Crippen LogP contribution in [-0.4, -0.2) is 34.6 Å². The molecule has 19 heavy (non-hydrogen) atoms. The molecule has 0 saturated heterocycles. The van der Waals surface area contributed by atoms with Gasteiger partial charge in [0.25, 0.3) is 0 Å². The van der Waals surface area contributed by atoms with Crippen molar-refractivity contribution in [2.45, 2.75) is 22.8 Å². The molecular weight excluding hydrogens is 280 g/mol. The molecule has 0 atom stereocenters. The maximum atomic E-state index is 4.97. The molecule has 2 heterocycles. The van der Waals surface area contributed by atoms with E-state index in [4.69, 9.17) is 4.74 Å². The second-order valence-electron chi connectivity index (χ2n) is 3.88. The maximum Gasteiger partial charge on any atom is 0.176 e. The van der Waals surface area contributed by atoms with Crippen molar-refractivity contribution in [3.8, 4) is 0 Å². The van der Waals surface area contributed by atoms with Crippen molar-refractivity contribution in [3.63, 3.8) is 0 Å². The van der Waals surface area contributed by atoms with E-state index in [1.165, 1.54) is 11.5 Å². The first-order valence-corrected chi connectivity index (χ1v) is 7.49. The topological polar surface area (TPSA) is 59.9 Å². The largest absolute Gasteiger partial charge is 0.383 e. The molecule has 0 aliphatic rings. The highest BCUT2D eigenvalue weighted by molar-refractivity contribution is 8.00. The van der Waals surface area contributed by atoms with Gasteiger partial charge in [-0.25, -0.2) is 9.97 Å². The van der Waals surface area contributed by atoms with Crippen LogP contribution in [0.3, 0.4) is 0 Å².